The van der Waals surface area contributed by atoms with E-state index in [1.807, 2.05) is 28.9 Å². The molecule has 6 heteroatoms. The molecule has 0 atom stereocenters. The molecule has 3 aromatic rings. The van der Waals surface area contributed by atoms with E-state index in [1.165, 1.54) is 30.6 Å². The van der Waals surface area contributed by atoms with Gasteiger partial charge in [-0.1, -0.05) is 12.1 Å². The number of pyridine rings is 1. The molecule has 5 rings (SSSR count). The van der Waals surface area contributed by atoms with Crippen LogP contribution in [-0.4, -0.2) is 60.5 Å². The summed E-state index contributed by atoms with van der Waals surface area (Å²) in [6, 6.07) is 12.7. The van der Waals surface area contributed by atoms with Gasteiger partial charge < -0.3 is 19.3 Å². The van der Waals surface area contributed by atoms with Crippen LogP contribution >= 0.6 is 0 Å². The van der Waals surface area contributed by atoms with E-state index in [4.69, 9.17) is 9.47 Å². The summed E-state index contributed by atoms with van der Waals surface area (Å²) < 4.78 is 13.8. The Morgan fingerprint density at radius 2 is 2.00 bits per heavy atom. The van der Waals surface area contributed by atoms with Gasteiger partial charge in [0.1, 0.15) is 11.5 Å². The first-order chi connectivity index (χ1) is 15.4. The first-order valence-electron chi connectivity index (χ1n) is 11.6. The average Bonchev–Trinajstić information content (AvgIpc) is 3.15. The quantitative estimate of drug-likeness (QED) is 0.540. The van der Waals surface area contributed by atoms with Crippen molar-refractivity contribution in [1.29, 1.82) is 0 Å². The SMILES string of the molecule is c1cc2c(c(N3CCCN(CCCCOc4ccn5nccc5c4)CC3)c1)OCCC2. The second-order valence-electron chi connectivity index (χ2n) is 8.52. The van der Waals surface area contributed by atoms with Crippen LogP contribution in [-0.2, 0) is 6.42 Å². The van der Waals surface area contributed by atoms with Crippen molar-refractivity contribution in [2.75, 3.05) is 50.8 Å². The third kappa shape index (κ3) is 4.79. The second kappa shape index (κ2) is 9.60. The monoisotopic (exact) mass is 420 g/mol. The molecule has 164 valence electrons. The van der Waals surface area contributed by atoms with Crippen molar-refractivity contribution in [2.45, 2.75) is 32.1 Å². The number of ether oxygens (including phenoxy) is 2. The zero-order chi connectivity index (χ0) is 20.9. The van der Waals surface area contributed by atoms with Crippen molar-refractivity contribution in [3.63, 3.8) is 0 Å². The lowest BCUT2D eigenvalue weighted by Gasteiger charge is -2.28. The number of rotatable bonds is 7. The van der Waals surface area contributed by atoms with Crippen LogP contribution in [0.15, 0.2) is 48.8 Å². The maximum Gasteiger partial charge on any atom is 0.145 e. The maximum atomic E-state index is 6.05. The number of aromatic nitrogens is 2. The van der Waals surface area contributed by atoms with E-state index in [2.05, 4.69) is 33.1 Å². The Morgan fingerprint density at radius 3 is 3.00 bits per heavy atom. The molecule has 0 bridgehead atoms. The van der Waals surface area contributed by atoms with Gasteiger partial charge in [-0.2, -0.15) is 5.10 Å². The van der Waals surface area contributed by atoms with E-state index in [-0.39, 0.29) is 0 Å². The maximum absolute atomic E-state index is 6.05. The fraction of sp³-hybridized carbons (Fsp3) is 0.480. The van der Waals surface area contributed by atoms with Crippen LogP contribution in [0.2, 0.25) is 0 Å². The van der Waals surface area contributed by atoms with Gasteiger partial charge in [-0.25, -0.2) is 4.52 Å². The summed E-state index contributed by atoms with van der Waals surface area (Å²) >= 11 is 0. The average molecular weight is 421 g/mol. The zero-order valence-electron chi connectivity index (χ0n) is 18.2. The van der Waals surface area contributed by atoms with Gasteiger partial charge >= 0.3 is 0 Å². The van der Waals surface area contributed by atoms with Crippen molar-refractivity contribution in [1.82, 2.24) is 14.5 Å². The molecule has 2 aliphatic heterocycles. The molecular weight excluding hydrogens is 388 g/mol. The Hall–Kier alpha value is -2.73. The minimum atomic E-state index is 0.762. The highest BCUT2D eigenvalue weighted by atomic mass is 16.5. The number of hydrogen-bond acceptors (Lipinski definition) is 5. The molecule has 0 N–H and O–H groups in total. The smallest absolute Gasteiger partial charge is 0.145 e. The predicted octanol–water partition coefficient (Wildman–Crippen LogP) is 4.03. The molecule has 0 unspecified atom stereocenters. The summed E-state index contributed by atoms with van der Waals surface area (Å²) in [5.41, 5.74) is 3.73. The number of anilines is 1. The minimum Gasteiger partial charge on any atom is -0.493 e. The second-order valence-corrected chi connectivity index (χ2v) is 8.52. The van der Waals surface area contributed by atoms with Gasteiger partial charge in [0.2, 0.25) is 0 Å². The topological polar surface area (TPSA) is 42.2 Å². The van der Waals surface area contributed by atoms with Crippen molar-refractivity contribution >= 4 is 11.2 Å². The molecular formula is C25H32N4O2. The van der Waals surface area contributed by atoms with Gasteiger partial charge in [-0.15, -0.1) is 0 Å². The lowest BCUT2D eigenvalue weighted by molar-refractivity contribution is 0.261. The van der Waals surface area contributed by atoms with Gasteiger partial charge in [-0.05, 0) is 69.0 Å². The molecule has 0 amide bonds. The van der Waals surface area contributed by atoms with Crippen molar-refractivity contribution in [2.24, 2.45) is 0 Å². The number of hydrogen-bond donors (Lipinski definition) is 0. The lowest BCUT2D eigenvalue weighted by Crippen LogP contribution is -2.32. The molecule has 2 aliphatic rings. The summed E-state index contributed by atoms with van der Waals surface area (Å²) in [6.07, 6.45) is 9.46. The molecule has 0 aliphatic carbocycles. The van der Waals surface area contributed by atoms with E-state index >= 15 is 0 Å². The van der Waals surface area contributed by atoms with Gasteiger partial charge in [0.05, 0.1) is 24.4 Å². The Balaban J connectivity index is 1.07. The van der Waals surface area contributed by atoms with Crippen LogP contribution in [0.25, 0.3) is 5.52 Å². The van der Waals surface area contributed by atoms with Crippen LogP contribution in [0.5, 0.6) is 11.5 Å². The number of para-hydroxylation sites is 1. The Kier molecular flexibility index (Phi) is 6.25. The molecule has 1 aromatic carbocycles. The van der Waals surface area contributed by atoms with Gasteiger partial charge in [0, 0.05) is 38.1 Å². The van der Waals surface area contributed by atoms with Crippen molar-refractivity contribution in [3.05, 3.63) is 54.4 Å². The van der Waals surface area contributed by atoms with Crippen LogP contribution in [0.1, 0.15) is 31.2 Å². The van der Waals surface area contributed by atoms with E-state index in [0.29, 0.717) is 0 Å². The highest BCUT2D eigenvalue weighted by molar-refractivity contribution is 5.62. The lowest BCUT2D eigenvalue weighted by atomic mass is 10.0. The van der Waals surface area contributed by atoms with Gasteiger partial charge in [0.25, 0.3) is 0 Å². The largest absolute Gasteiger partial charge is 0.493 e. The number of aryl methyl sites for hydroxylation is 1. The Labute approximate surface area is 184 Å². The van der Waals surface area contributed by atoms with Crippen LogP contribution < -0.4 is 14.4 Å². The van der Waals surface area contributed by atoms with Crippen LogP contribution in [0.3, 0.4) is 0 Å². The molecule has 1 saturated heterocycles. The number of fused-ring (bicyclic) bond motifs is 2. The number of benzene rings is 1. The number of nitrogens with zero attached hydrogens (tertiary/aromatic N) is 4. The molecule has 0 spiro atoms. The molecule has 4 heterocycles. The molecule has 6 nitrogen and oxygen atoms in total. The summed E-state index contributed by atoms with van der Waals surface area (Å²) in [4.78, 5) is 5.13. The van der Waals surface area contributed by atoms with Gasteiger partial charge in [-0.3, -0.25) is 0 Å². The first kappa shape index (κ1) is 20.2. The third-order valence-corrected chi connectivity index (χ3v) is 6.35. The standard InChI is InChI=1S/C25H32N4O2/c1(2-18-30-23-10-15-29-22(20-23)9-11-26-29)12-27-13-5-14-28(17-16-27)24-8-3-6-21-7-4-19-31-25(21)24/h3,6,8-11,15,20H,1-2,4-5,7,12-14,16-19H2. The summed E-state index contributed by atoms with van der Waals surface area (Å²) in [7, 11) is 0. The third-order valence-electron chi connectivity index (χ3n) is 6.35. The van der Waals surface area contributed by atoms with Crippen LogP contribution in [0, 0.1) is 0 Å². The Bertz CT molecular complexity index is 1000. The van der Waals surface area contributed by atoms with E-state index in [0.717, 1.165) is 75.7 Å². The first-order valence-corrected chi connectivity index (χ1v) is 11.6. The fourth-order valence-electron chi connectivity index (χ4n) is 4.67. The fourth-order valence-corrected chi connectivity index (χ4v) is 4.67. The minimum absolute atomic E-state index is 0.762. The van der Waals surface area contributed by atoms with E-state index in [1.54, 1.807) is 6.20 Å². The summed E-state index contributed by atoms with van der Waals surface area (Å²) in [5, 5.41) is 4.22. The Morgan fingerprint density at radius 1 is 1.00 bits per heavy atom. The van der Waals surface area contributed by atoms with E-state index < -0.39 is 0 Å². The normalized spacial score (nSPS) is 17.2. The zero-order valence-corrected chi connectivity index (χ0v) is 18.2. The van der Waals surface area contributed by atoms with Crippen LogP contribution in [0.4, 0.5) is 5.69 Å². The predicted molar refractivity (Wildman–Crippen MR) is 123 cm³/mol. The molecule has 1 fully saturated rings. The molecule has 31 heavy (non-hydrogen) atoms. The van der Waals surface area contributed by atoms with Crippen molar-refractivity contribution < 1.29 is 9.47 Å². The summed E-state index contributed by atoms with van der Waals surface area (Å²) in [6.45, 7) is 7.22. The van der Waals surface area contributed by atoms with E-state index in [9.17, 15) is 0 Å². The molecule has 0 radical (unpaired) electrons. The molecule has 2 aromatic heterocycles. The summed E-state index contributed by atoms with van der Waals surface area (Å²) in [5.74, 6) is 2.06. The molecule has 0 saturated carbocycles. The highest BCUT2D eigenvalue weighted by Gasteiger charge is 2.21. The van der Waals surface area contributed by atoms with Crippen molar-refractivity contribution in [3.8, 4) is 11.5 Å². The highest BCUT2D eigenvalue weighted by Crippen LogP contribution is 2.35. The number of unbranched alkanes of at least 4 members (excludes halogenated alkanes) is 1. The van der Waals surface area contributed by atoms with Gasteiger partial charge in [0.15, 0.2) is 0 Å².